The number of pyridine rings is 1. The molecule has 1 atom stereocenters. The molecular formula is C14H19ClN2O3. The maximum absolute atomic E-state index is 12.1. The van der Waals surface area contributed by atoms with Crippen molar-refractivity contribution in [1.29, 1.82) is 0 Å². The highest BCUT2D eigenvalue weighted by molar-refractivity contribution is 6.29. The van der Waals surface area contributed by atoms with E-state index in [9.17, 15) is 9.59 Å². The first-order valence-electron chi connectivity index (χ1n) is 6.68. The third-order valence-corrected chi connectivity index (χ3v) is 3.11. The lowest BCUT2D eigenvalue weighted by atomic mass is 10.1. The number of carbonyl (C=O) groups excluding carboxylic acids is 1. The van der Waals surface area contributed by atoms with Gasteiger partial charge in [-0.1, -0.05) is 38.3 Å². The van der Waals surface area contributed by atoms with Crippen LogP contribution in [0.1, 0.15) is 49.2 Å². The molecule has 110 valence electrons. The lowest BCUT2D eigenvalue weighted by Gasteiger charge is -2.14. The topological polar surface area (TPSA) is 79.3 Å². The van der Waals surface area contributed by atoms with Crippen LogP contribution >= 0.6 is 11.6 Å². The molecule has 0 spiro atoms. The van der Waals surface area contributed by atoms with Crippen LogP contribution in [0.15, 0.2) is 12.1 Å². The molecule has 0 radical (unpaired) electrons. The Morgan fingerprint density at radius 3 is 2.65 bits per heavy atom. The Morgan fingerprint density at radius 2 is 2.10 bits per heavy atom. The lowest BCUT2D eigenvalue weighted by molar-refractivity contribution is -0.139. The zero-order valence-electron chi connectivity index (χ0n) is 11.6. The fraction of sp³-hybridized carbons (Fsp3) is 0.500. The highest BCUT2D eigenvalue weighted by Gasteiger charge is 2.20. The number of nitrogens with one attached hydrogen (secondary N) is 1. The summed E-state index contributed by atoms with van der Waals surface area (Å²) in [5.74, 6) is -1.46. The van der Waals surface area contributed by atoms with Gasteiger partial charge in [0.15, 0.2) is 0 Å². The molecule has 20 heavy (non-hydrogen) atoms. The number of unbranched alkanes of at least 4 members (excludes halogenated alkanes) is 1. The van der Waals surface area contributed by atoms with Gasteiger partial charge in [0, 0.05) is 11.3 Å². The monoisotopic (exact) mass is 298 g/mol. The van der Waals surface area contributed by atoms with E-state index >= 15 is 0 Å². The van der Waals surface area contributed by atoms with E-state index in [2.05, 4.69) is 10.3 Å². The van der Waals surface area contributed by atoms with Crippen molar-refractivity contribution in [3.8, 4) is 0 Å². The highest BCUT2D eigenvalue weighted by atomic mass is 35.5. The van der Waals surface area contributed by atoms with Crippen LogP contribution in [-0.2, 0) is 11.2 Å². The molecule has 1 aromatic heterocycles. The zero-order valence-corrected chi connectivity index (χ0v) is 12.4. The van der Waals surface area contributed by atoms with Gasteiger partial charge in [0.05, 0.1) is 0 Å². The third kappa shape index (κ3) is 4.81. The van der Waals surface area contributed by atoms with Crippen molar-refractivity contribution in [3.05, 3.63) is 28.5 Å². The standard InChI is InChI=1S/C14H19ClN2O3/c1-3-5-6-11(14(19)20)17-13(18)9-7-10(4-2)16-12(15)8-9/h7-8,11H,3-6H2,1-2H3,(H,17,18)(H,19,20)/t11-/m0/s1. The Morgan fingerprint density at radius 1 is 1.40 bits per heavy atom. The van der Waals surface area contributed by atoms with E-state index in [1.54, 1.807) is 6.07 Å². The van der Waals surface area contributed by atoms with Gasteiger partial charge in [-0.25, -0.2) is 9.78 Å². The van der Waals surface area contributed by atoms with Crippen molar-refractivity contribution in [3.63, 3.8) is 0 Å². The maximum Gasteiger partial charge on any atom is 0.326 e. The highest BCUT2D eigenvalue weighted by Crippen LogP contribution is 2.12. The molecule has 0 aliphatic carbocycles. The molecule has 0 fully saturated rings. The van der Waals surface area contributed by atoms with Crippen LogP contribution < -0.4 is 5.32 Å². The number of aryl methyl sites for hydroxylation is 1. The van der Waals surface area contributed by atoms with E-state index in [4.69, 9.17) is 16.7 Å². The second kappa shape index (κ2) is 7.85. The van der Waals surface area contributed by atoms with Crippen molar-refractivity contribution in [2.75, 3.05) is 0 Å². The van der Waals surface area contributed by atoms with Crippen LogP contribution in [0.5, 0.6) is 0 Å². The number of carbonyl (C=O) groups is 2. The van der Waals surface area contributed by atoms with Gasteiger partial charge in [-0.15, -0.1) is 0 Å². The van der Waals surface area contributed by atoms with Crippen LogP contribution in [0, 0.1) is 0 Å². The van der Waals surface area contributed by atoms with E-state index in [1.807, 2.05) is 13.8 Å². The Balaban J connectivity index is 2.83. The SMILES string of the molecule is CCCC[C@H](NC(=O)c1cc(Cl)nc(CC)c1)C(=O)O. The van der Waals surface area contributed by atoms with E-state index in [0.717, 1.165) is 12.8 Å². The minimum Gasteiger partial charge on any atom is -0.480 e. The summed E-state index contributed by atoms with van der Waals surface area (Å²) in [6.45, 7) is 3.87. The number of hydrogen-bond donors (Lipinski definition) is 2. The third-order valence-electron chi connectivity index (χ3n) is 2.92. The van der Waals surface area contributed by atoms with E-state index in [0.29, 0.717) is 24.1 Å². The fourth-order valence-electron chi connectivity index (χ4n) is 1.77. The molecular weight excluding hydrogens is 280 g/mol. The molecule has 0 unspecified atom stereocenters. The second-order valence-electron chi connectivity index (χ2n) is 4.53. The molecule has 1 aromatic rings. The number of nitrogens with zero attached hydrogens (tertiary/aromatic N) is 1. The number of rotatable bonds is 7. The van der Waals surface area contributed by atoms with Crippen molar-refractivity contribution >= 4 is 23.5 Å². The zero-order chi connectivity index (χ0) is 15.1. The largest absolute Gasteiger partial charge is 0.480 e. The van der Waals surface area contributed by atoms with Crippen LogP contribution in [0.2, 0.25) is 5.15 Å². The number of halogens is 1. The summed E-state index contributed by atoms with van der Waals surface area (Å²) < 4.78 is 0. The normalized spacial score (nSPS) is 11.9. The van der Waals surface area contributed by atoms with Gasteiger partial charge in [0.2, 0.25) is 0 Å². The van der Waals surface area contributed by atoms with Crippen LogP contribution in [-0.4, -0.2) is 28.0 Å². The van der Waals surface area contributed by atoms with Gasteiger partial charge in [-0.05, 0) is 25.0 Å². The number of amides is 1. The van der Waals surface area contributed by atoms with Gasteiger partial charge < -0.3 is 10.4 Å². The Hall–Kier alpha value is -1.62. The minimum absolute atomic E-state index is 0.231. The Bertz CT molecular complexity index is 491. The summed E-state index contributed by atoms with van der Waals surface area (Å²) in [6, 6.07) is 2.19. The van der Waals surface area contributed by atoms with Crippen LogP contribution in [0.3, 0.4) is 0 Å². The van der Waals surface area contributed by atoms with E-state index in [-0.39, 0.29) is 5.15 Å². The minimum atomic E-state index is -1.03. The lowest BCUT2D eigenvalue weighted by Crippen LogP contribution is -2.40. The quantitative estimate of drug-likeness (QED) is 0.759. The van der Waals surface area contributed by atoms with Crippen molar-refractivity contribution < 1.29 is 14.7 Å². The van der Waals surface area contributed by atoms with Gasteiger partial charge in [-0.2, -0.15) is 0 Å². The summed E-state index contributed by atoms with van der Waals surface area (Å²) in [5.41, 5.74) is 1.03. The molecule has 0 aromatic carbocycles. The molecule has 2 N–H and O–H groups in total. The number of aliphatic carboxylic acids is 1. The predicted molar refractivity (Wildman–Crippen MR) is 77.0 cm³/mol. The van der Waals surface area contributed by atoms with Gasteiger partial charge in [0.25, 0.3) is 5.91 Å². The molecule has 1 heterocycles. The van der Waals surface area contributed by atoms with Crippen molar-refractivity contribution in [2.45, 2.75) is 45.6 Å². The average molecular weight is 299 g/mol. The molecule has 0 aliphatic heterocycles. The molecule has 0 saturated heterocycles. The summed E-state index contributed by atoms with van der Waals surface area (Å²) in [5, 5.41) is 11.9. The van der Waals surface area contributed by atoms with E-state index in [1.165, 1.54) is 6.07 Å². The summed E-state index contributed by atoms with van der Waals surface area (Å²) in [4.78, 5) is 27.3. The predicted octanol–water partition coefficient (Wildman–Crippen LogP) is 2.67. The van der Waals surface area contributed by atoms with Gasteiger partial charge in [0.1, 0.15) is 11.2 Å². The molecule has 1 rings (SSSR count). The van der Waals surface area contributed by atoms with Crippen molar-refractivity contribution in [2.24, 2.45) is 0 Å². The van der Waals surface area contributed by atoms with Gasteiger partial charge in [-0.3, -0.25) is 4.79 Å². The smallest absolute Gasteiger partial charge is 0.326 e. The molecule has 0 saturated carbocycles. The molecule has 0 bridgehead atoms. The van der Waals surface area contributed by atoms with Crippen LogP contribution in [0.4, 0.5) is 0 Å². The number of hydrogen-bond acceptors (Lipinski definition) is 3. The molecule has 5 nitrogen and oxygen atoms in total. The molecule has 1 amide bonds. The van der Waals surface area contributed by atoms with E-state index < -0.39 is 17.9 Å². The van der Waals surface area contributed by atoms with Crippen molar-refractivity contribution in [1.82, 2.24) is 10.3 Å². The maximum atomic E-state index is 12.1. The Kier molecular flexibility index (Phi) is 6.45. The summed E-state index contributed by atoms with van der Waals surface area (Å²) >= 11 is 5.85. The summed E-state index contributed by atoms with van der Waals surface area (Å²) in [7, 11) is 0. The first kappa shape index (κ1) is 16.4. The fourth-order valence-corrected chi connectivity index (χ4v) is 2.00. The Labute approximate surface area is 123 Å². The molecule has 0 aliphatic rings. The molecule has 6 heteroatoms. The summed E-state index contributed by atoms with van der Waals surface area (Å²) in [6.07, 6.45) is 2.69. The first-order valence-corrected chi connectivity index (χ1v) is 7.05. The van der Waals surface area contributed by atoms with Gasteiger partial charge >= 0.3 is 5.97 Å². The number of aromatic nitrogens is 1. The number of carboxylic acid groups (broad SMARTS) is 1. The second-order valence-corrected chi connectivity index (χ2v) is 4.92. The average Bonchev–Trinajstić information content (AvgIpc) is 2.42. The first-order chi connectivity index (χ1) is 9.47. The van der Waals surface area contributed by atoms with Crippen LogP contribution in [0.25, 0.3) is 0 Å². The number of carboxylic acids is 1.